The Kier molecular flexibility index (Phi) is 15.4. The average Bonchev–Trinajstić information content (AvgIpc) is 3.17. The van der Waals surface area contributed by atoms with Crippen molar-refractivity contribution in [3.63, 3.8) is 0 Å². The lowest BCUT2D eigenvalue weighted by Crippen LogP contribution is -2.50. The monoisotopic (exact) mass is 985 g/mol. The zero-order chi connectivity index (χ0) is 43.2. The van der Waals surface area contributed by atoms with E-state index in [1.54, 1.807) is 0 Å². The standard InChI is InChI=1S/C45H53Br2N3O8S2/c1-30-34(27-57-43-19-17-32(23-38(43)46)25-49-21-7-5-15-40(49)42(51)29-59(3,53)54)11-9-13-36(30)37-14-10-12-35(31(37)2)28-58-44-20-18-33(24-39(44)47)26-50-22-8-6-16-41(50)45(52)48-60(4,55)56/h9-14,17-20,23-24,40-41H,5-8,15-16,21-22,25-29H2,1-4H3,(H,48,52)/t40-,41-/m0/s1. The van der Waals surface area contributed by atoms with Gasteiger partial charge in [-0.1, -0.05) is 61.4 Å². The Bertz CT molecular complexity index is 2280. The summed E-state index contributed by atoms with van der Waals surface area (Å²) in [6.45, 7) is 7.45. The lowest BCUT2D eigenvalue weighted by atomic mass is 9.92. The van der Waals surface area contributed by atoms with E-state index >= 15 is 0 Å². The minimum Gasteiger partial charge on any atom is -0.488 e. The molecule has 6 rings (SSSR count). The molecule has 2 aliphatic rings. The summed E-state index contributed by atoms with van der Waals surface area (Å²) in [4.78, 5) is 29.7. The van der Waals surface area contributed by atoms with E-state index in [0.29, 0.717) is 57.2 Å². The van der Waals surface area contributed by atoms with Crippen LogP contribution < -0.4 is 14.2 Å². The third-order valence-electron chi connectivity index (χ3n) is 11.3. The number of hydrogen-bond acceptors (Lipinski definition) is 10. The van der Waals surface area contributed by atoms with E-state index in [9.17, 15) is 26.4 Å². The van der Waals surface area contributed by atoms with Crippen LogP contribution in [0.2, 0.25) is 0 Å². The summed E-state index contributed by atoms with van der Waals surface area (Å²) in [6.07, 6.45) is 7.08. The van der Waals surface area contributed by atoms with Crippen LogP contribution in [0.1, 0.15) is 71.9 Å². The number of sulfonamides is 1. The molecule has 60 heavy (non-hydrogen) atoms. The van der Waals surface area contributed by atoms with Crippen LogP contribution in [-0.4, -0.2) is 81.8 Å². The molecule has 0 bridgehead atoms. The van der Waals surface area contributed by atoms with Crippen molar-refractivity contribution in [3.8, 4) is 22.6 Å². The maximum Gasteiger partial charge on any atom is 0.250 e. The number of Topliss-reactive ketones (excluding diaryl/α,β-unsaturated/α-hetero) is 1. The van der Waals surface area contributed by atoms with Gasteiger partial charge in [-0.15, -0.1) is 0 Å². The molecule has 4 aromatic carbocycles. The Morgan fingerprint density at radius 3 is 1.60 bits per heavy atom. The first-order valence-corrected chi connectivity index (χ1v) is 25.7. The van der Waals surface area contributed by atoms with Gasteiger partial charge in [-0.2, -0.15) is 0 Å². The molecule has 11 nitrogen and oxygen atoms in total. The van der Waals surface area contributed by atoms with Crippen LogP contribution in [0.4, 0.5) is 0 Å². The zero-order valence-corrected chi connectivity index (χ0v) is 39.3. The number of benzene rings is 4. The number of carbonyl (C=O) groups is 2. The van der Waals surface area contributed by atoms with Crippen molar-refractivity contribution in [1.82, 2.24) is 14.5 Å². The predicted molar refractivity (Wildman–Crippen MR) is 242 cm³/mol. The minimum atomic E-state index is -3.63. The minimum absolute atomic E-state index is 0.232. The molecule has 0 unspecified atom stereocenters. The molecule has 2 heterocycles. The summed E-state index contributed by atoms with van der Waals surface area (Å²) in [6, 6.07) is 23.4. The van der Waals surface area contributed by atoms with Gasteiger partial charge >= 0.3 is 0 Å². The topological polar surface area (TPSA) is 139 Å². The number of amides is 1. The molecule has 2 atom stereocenters. The van der Waals surface area contributed by atoms with Gasteiger partial charge in [0.1, 0.15) is 30.5 Å². The summed E-state index contributed by atoms with van der Waals surface area (Å²) in [5.41, 5.74) is 8.55. The first-order valence-electron chi connectivity index (χ1n) is 20.2. The van der Waals surface area contributed by atoms with Gasteiger partial charge < -0.3 is 9.47 Å². The fourth-order valence-electron chi connectivity index (χ4n) is 8.19. The van der Waals surface area contributed by atoms with Crippen LogP contribution in [0, 0.1) is 13.8 Å². The van der Waals surface area contributed by atoms with Crippen LogP contribution in [0.25, 0.3) is 11.1 Å². The summed E-state index contributed by atoms with van der Waals surface area (Å²) in [5, 5.41) is 0. The van der Waals surface area contributed by atoms with E-state index in [2.05, 4.69) is 79.6 Å². The summed E-state index contributed by atoms with van der Waals surface area (Å²) < 4.78 is 63.5. The van der Waals surface area contributed by atoms with Crippen LogP contribution >= 0.6 is 31.9 Å². The van der Waals surface area contributed by atoms with Gasteiger partial charge in [0, 0.05) is 19.3 Å². The highest BCUT2D eigenvalue weighted by molar-refractivity contribution is 9.11. The number of hydrogen-bond donors (Lipinski definition) is 1. The maximum absolute atomic E-state index is 12.9. The Morgan fingerprint density at radius 1 is 0.683 bits per heavy atom. The second-order valence-corrected chi connectivity index (χ2v) is 21.6. The molecule has 0 aromatic heterocycles. The molecule has 0 aliphatic carbocycles. The number of likely N-dealkylation sites (tertiary alicyclic amines) is 2. The highest BCUT2D eigenvalue weighted by atomic mass is 79.9. The number of carbonyl (C=O) groups excluding carboxylic acids is 2. The van der Waals surface area contributed by atoms with Gasteiger partial charge in [0.25, 0.3) is 5.91 Å². The van der Waals surface area contributed by atoms with Gasteiger partial charge in [0.05, 0.1) is 27.3 Å². The third kappa shape index (κ3) is 12.3. The van der Waals surface area contributed by atoms with Gasteiger partial charge in [0.15, 0.2) is 15.6 Å². The number of rotatable bonds is 16. The molecule has 2 saturated heterocycles. The molecule has 0 radical (unpaired) electrons. The normalized spacial score (nSPS) is 17.9. The number of nitrogens with one attached hydrogen (secondary N) is 1. The fraction of sp³-hybridized carbons (Fsp3) is 0.422. The van der Waals surface area contributed by atoms with E-state index in [4.69, 9.17) is 9.47 Å². The zero-order valence-electron chi connectivity index (χ0n) is 34.5. The highest BCUT2D eigenvalue weighted by Gasteiger charge is 2.32. The van der Waals surface area contributed by atoms with E-state index in [-0.39, 0.29) is 5.78 Å². The second kappa shape index (κ2) is 20.1. The Hall–Kier alpha value is -3.60. The summed E-state index contributed by atoms with van der Waals surface area (Å²) in [7, 11) is -7.02. The molecule has 0 spiro atoms. The first kappa shape index (κ1) is 45.9. The molecule has 1 N–H and O–H groups in total. The summed E-state index contributed by atoms with van der Waals surface area (Å²) >= 11 is 7.38. The molecule has 2 aliphatic heterocycles. The number of nitrogens with zero attached hydrogens (tertiary/aromatic N) is 2. The largest absolute Gasteiger partial charge is 0.488 e. The molecular formula is C45H53Br2N3O8S2. The smallest absolute Gasteiger partial charge is 0.250 e. The van der Waals surface area contributed by atoms with Crippen LogP contribution in [0.5, 0.6) is 11.5 Å². The third-order valence-corrected chi connectivity index (χ3v) is 13.9. The molecule has 1 amide bonds. The predicted octanol–water partition coefficient (Wildman–Crippen LogP) is 8.05. The quantitative estimate of drug-likeness (QED) is 0.117. The van der Waals surface area contributed by atoms with Crippen molar-refractivity contribution in [1.29, 1.82) is 0 Å². The van der Waals surface area contributed by atoms with E-state index in [1.807, 2.05) is 53.4 Å². The average molecular weight is 988 g/mol. The lowest BCUT2D eigenvalue weighted by molar-refractivity contribution is -0.126. The van der Waals surface area contributed by atoms with E-state index in [0.717, 1.165) is 98.2 Å². The van der Waals surface area contributed by atoms with Crippen molar-refractivity contribution in [3.05, 3.63) is 115 Å². The van der Waals surface area contributed by atoms with Crippen LogP contribution in [-0.2, 0) is 55.8 Å². The molecular weight excluding hydrogens is 934 g/mol. The second-order valence-electron chi connectivity index (χ2n) is 16.0. The van der Waals surface area contributed by atoms with E-state index < -0.39 is 43.6 Å². The van der Waals surface area contributed by atoms with Crippen molar-refractivity contribution in [2.75, 3.05) is 31.4 Å². The highest BCUT2D eigenvalue weighted by Crippen LogP contribution is 2.34. The van der Waals surface area contributed by atoms with E-state index in [1.165, 1.54) is 0 Å². The number of piperidine rings is 2. The van der Waals surface area contributed by atoms with Crippen molar-refractivity contribution in [2.45, 2.75) is 90.8 Å². The van der Waals surface area contributed by atoms with Gasteiger partial charge in [-0.3, -0.25) is 24.1 Å². The summed E-state index contributed by atoms with van der Waals surface area (Å²) in [5.74, 6) is 0.257. The van der Waals surface area contributed by atoms with Crippen LogP contribution in [0.3, 0.4) is 0 Å². The Balaban J connectivity index is 1.08. The number of sulfone groups is 1. The molecule has 15 heteroatoms. The van der Waals surface area contributed by atoms with Crippen molar-refractivity contribution >= 4 is 63.4 Å². The number of ketones is 1. The fourth-order valence-corrected chi connectivity index (χ4v) is 10.5. The van der Waals surface area contributed by atoms with Gasteiger partial charge in [0.2, 0.25) is 10.0 Å². The Morgan fingerprint density at radius 2 is 1.15 bits per heavy atom. The first-order chi connectivity index (χ1) is 28.5. The van der Waals surface area contributed by atoms with Gasteiger partial charge in [-0.25, -0.2) is 16.8 Å². The molecule has 0 saturated carbocycles. The van der Waals surface area contributed by atoms with Crippen LogP contribution in [0.15, 0.2) is 81.7 Å². The maximum atomic E-state index is 12.9. The number of halogens is 2. The lowest BCUT2D eigenvalue weighted by Gasteiger charge is -2.34. The van der Waals surface area contributed by atoms with Gasteiger partial charge in [-0.05, 0) is 153 Å². The van der Waals surface area contributed by atoms with Crippen molar-refractivity contribution in [2.24, 2.45) is 0 Å². The van der Waals surface area contributed by atoms with Crippen molar-refractivity contribution < 1.29 is 35.9 Å². The molecule has 4 aromatic rings. The molecule has 2 fully saturated rings. The molecule has 322 valence electrons. The SMILES string of the molecule is Cc1c(COc2ccc(CN3CCCC[C@H]3C(=O)CS(C)(=O)=O)cc2Br)cccc1-c1cccc(COc2ccc(CN3CCCC[C@H]3C(=O)NS(C)(=O)=O)cc2Br)c1C. The Labute approximate surface area is 371 Å². The number of ether oxygens (including phenoxy) is 2.